The molecule has 0 aliphatic rings. The van der Waals surface area contributed by atoms with Crippen molar-refractivity contribution in [2.45, 2.75) is 13.0 Å². The van der Waals surface area contributed by atoms with E-state index in [0.29, 0.717) is 41.8 Å². The average Bonchev–Trinajstić information content (AvgIpc) is 2.65. The highest BCUT2D eigenvalue weighted by atomic mass is 35.5. The Kier molecular flexibility index (Phi) is 7.41. The van der Waals surface area contributed by atoms with Crippen molar-refractivity contribution in [1.82, 2.24) is 10.6 Å². The van der Waals surface area contributed by atoms with Crippen LogP contribution in [-0.4, -0.2) is 33.9 Å². The molecule has 0 saturated heterocycles. The van der Waals surface area contributed by atoms with E-state index in [9.17, 15) is 4.79 Å². The maximum atomic E-state index is 12.0. The molecule has 2 aromatic rings. The SMILES string of the molecule is COc1cc(CNC(=O)NCCc2cccc(Cl)c2)cc(OC)c1OC. The lowest BCUT2D eigenvalue weighted by atomic mass is 10.1. The maximum absolute atomic E-state index is 12.0. The van der Waals surface area contributed by atoms with Gasteiger partial charge in [-0.2, -0.15) is 0 Å². The highest BCUT2D eigenvalue weighted by Gasteiger charge is 2.13. The molecule has 0 aliphatic carbocycles. The van der Waals surface area contributed by atoms with E-state index in [1.54, 1.807) is 33.5 Å². The van der Waals surface area contributed by atoms with Crippen molar-refractivity contribution < 1.29 is 19.0 Å². The molecule has 0 bridgehead atoms. The number of hydrogen-bond donors (Lipinski definition) is 2. The molecule has 7 heteroatoms. The number of ether oxygens (including phenoxy) is 3. The Morgan fingerprint density at radius 2 is 1.65 bits per heavy atom. The summed E-state index contributed by atoms with van der Waals surface area (Å²) in [6, 6.07) is 10.9. The third-order valence-corrected chi connectivity index (χ3v) is 4.00. The van der Waals surface area contributed by atoms with Crippen LogP contribution in [0.1, 0.15) is 11.1 Å². The van der Waals surface area contributed by atoms with E-state index < -0.39 is 0 Å². The van der Waals surface area contributed by atoms with Crippen LogP contribution in [0.5, 0.6) is 17.2 Å². The van der Waals surface area contributed by atoms with E-state index in [1.807, 2.05) is 24.3 Å². The molecule has 2 N–H and O–H groups in total. The molecule has 2 rings (SSSR count). The standard InChI is InChI=1S/C19H23ClN2O4/c1-24-16-10-14(11-17(25-2)18(16)26-3)12-22-19(23)21-8-7-13-5-4-6-15(20)9-13/h4-6,9-11H,7-8,12H2,1-3H3,(H2,21,22,23). The predicted molar refractivity (Wildman–Crippen MR) is 101 cm³/mol. The highest BCUT2D eigenvalue weighted by molar-refractivity contribution is 6.30. The summed E-state index contributed by atoms with van der Waals surface area (Å²) in [5.74, 6) is 1.61. The minimum atomic E-state index is -0.249. The quantitative estimate of drug-likeness (QED) is 0.738. The van der Waals surface area contributed by atoms with Gasteiger partial charge in [0.2, 0.25) is 5.75 Å². The van der Waals surface area contributed by atoms with Crippen LogP contribution in [0.25, 0.3) is 0 Å². The number of carbonyl (C=O) groups is 1. The Hall–Kier alpha value is -2.60. The van der Waals surface area contributed by atoms with Crippen LogP contribution in [0.3, 0.4) is 0 Å². The number of amides is 2. The van der Waals surface area contributed by atoms with Gasteiger partial charge in [0.1, 0.15) is 0 Å². The number of carbonyl (C=O) groups excluding carboxylic acids is 1. The molecular formula is C19H23ClN2O4. The number of rotatable bonds is 8. The van der Waals surface area contributed by atoms with Crippen molar-refractivity contribution in [3.05, 3.63) is 52.5 Å². The second-order valence-corrected chi connectivity index (χ2v) is 5.96. The first-order valence-electron chi connectivity index (χ1n) is 8.12. The molecule has 0 atom stereocenters. The third kappa shape index (κ3) is 5.46. The van der Waals surface area contributed by atoms with Crippen LogP contribution in [0.2, 0.25) is 5.02 Å². The number of nitrogens with one attached hydrogen (secondary N) is 2. The van der Waals surface area contributed by atoms with Crippen molar-refractivity contribution >= 4 is 17.6 Å². The minimum Gasteiger partial charge on any atom is -0.493 e. The fourth-order valence-corrected chi connectivity index (χ4v) is 2.71. The topological polar surface area (TPSA) is 68.8 Å². The smallest absolute Gasteiger partial charge is 0.315 e. The van der Waals surface area contributed by atoms with Gasteiger partial charge in [-0.15, -0.1) is 0 Å². The summed E-state index contributed by atoms with van der Waals surface area (Å²) < 4.78 is 15.9. The average molecular weight is 379 g/mol. The summed E-state index contributed by atoms with van der Waals surface area (Å²) in [6.45, 7) is 0.848. The number of methoxy groups -OCH3 is 3. The third-order valence-electron chi connectivity index (χ3n) is 3.77. The molecule has 0 saturated carbocycles. The summed E-state index contributed by atoms with van der Waals surface area (Å²) in [5, 5.41) is 6.32. The number of halogens is 1. The first-order chi connectivity index (χ1) is 12.6. The summed E-state index contributed by atoms with van der Waals surface area (Å²) in [7, 11) is 4.65. The number of hydrogen-bond acceptors (Lipinski definition) is 4. The molecule has 26 heavy (non-hydrogen) atoms. The molecular weight excluding hydrogens is 356 g/mol. The van der Waals surface area contributed by atoms with Gasteiger partial charge in [-0.25, -0.2) is 4.79 Å². The maximum Gasteiger partial charge on any atom is 0.315 e. The molecule has 6 nitrogen and oxygen atoms in total. The van der Waals surface area contributed by atoms with Gasteiger partial charge in [-0.3, -0.25) is 0 Å². The summed E-state index contributed by atoms with van der Waals surface area (Å²) in [5.41, 5.74) is 1.91. The Morgan fingerprint density at radius 3 is 2.23 bits per heavy atom. The molecule has 0 unspecified atom stereocenters. The second-order valence-electron chi connectivity index (χ2n) is 5.52. The highest BCUT2D eigenvalue weighted by Crippen LogP contribution is 2.38. The molecule has 2 amide bonds. The van der Waals surface area contributed by atoms with Crippen molar-refractivity contribution in [1.29, 1.82) is 0 Å². The molecule has 0 spiro atoms. The predicted octanol–water partition coefficient (Wildman–Crippen LogP) is 3.41. The fraction of sp³-hybridized carbons (Fsp3) is 0.316. The lowest BCUT2D eigenvalue weighted by Crippen LogP contribution is -2.36. The van der Waals surface area contributed by atoms with E-state index in [4.69, 9.17) is 25.8 Å². The van der Waals surface area contributed by atoms with Crippen molar-refractivity contribution in [2.75, 3.05) is 27.9 Å². The molecule has 0 radical (unpaired) electrons. The molecule has 0 aromatic heterocycles. The van der Waals surface area contributed by atoms with Gasteiger partial charge in [0.15, 0.2) is 11.5 Å². The lowest BCUT2D eigenvalue weighted by Gasteiger charge is -2.14. The zero-order valence-corrected chi connectivity index (χ0v) is 15.9. The first kappa shape index (κ1) is 19.7. The monoisotopic (exact) mass is 378 g/mol. The molecule has 2 aromatic carbocycles. The van der Waals surface area contributed by atoms with Gasteiger partial charge in [0.25, 0.3) is 0 Å². The van der Waals surface area contributed by atoms with E-state index in [-0.39, 0.29) is 6.03 Å². The van der Waals surface area contributed by atoms with Gasteiger partial charge in [-0.1, -0.05) is 23.7 Å². The van der Waals surface area contributed by atoms with E-state index >= 15 is 0 Å². The van der Waals surface area contributed by atoms with Crippen molar-refractivity contribution in [2.24, 2.45) is 0 Å². The molecule has 0 aliphatic heterocycles. The van der Waals surface area contributed by atoms with E-state index in [0.717, 1.165) is 11.1 Å². The fourth-order valence-electron chi connectivity index (χ4n) is 2.50. The van der Waals surface area contributed by atoms with Gasteiger partial charge >= 0.3 is 6.03 Å². The zero-order valence-electron chi connectivity index (χ0n) is 15.1. The van der Waals surface area contributed by atoms with Crippen molar-refractivity contribution in [3.63, 3.8) is 0 Å². The van der Waals surface area contributed by atoms with Crippen LogP contribution in [0.4, 0.5) is 4.79 Å². The summed E-state index contributed by atoms with van der Waals surface area (Å²) in [4.78, 5) is 12.0. The summed E-state index contributed by atoms with van der Waals surface area (Å²) in [6.07, 6.45) is 0.707. The second kappa shape index (κ2) is 9.77. The normalized spacial score (nSPS) is 10.2. The Morgan fingerprint density at radius 1 is 0.962 bits per heavy atom. The van der Waals surface area contributed by atoms with Gasteiger partial charge in [0.05, 0.1) is 21.3 Å². The Bertz CT molecular complexity index is 727. The molecule has 0 fully saturated rings. The molecule has 140 valence electrons. The Balaban J connectivity index is 1.86. The van der Waals surface area contributed by atoms with Gasteiger partial charge in [-0.05, 0) is 41.8 Å². The van der Waals surface area contributed by atoms with Crippen molar-refractivity contribution in [3.8, 4) is 17.2 Å². The number of urea groups is 1. The van der Waals surface area contributed by atoms with Gasteiger partial charge in [0, 0.05) is 18.1 Å². The van der Waals surface area contributed by atoms with E-state index in [1.165, 1.54) is 0 Å². The van der Waals surface area contributed by atoms with Gasteiger partial charge < -0.3 is 24.8 Å². The van der Waals surface area contributed by atoms with E-state index in [2.05, 4.69) is 10.6 Å². The van der Waals surface area contributed by atoms with Crippen LogP contribution < -0.4 is 24.8 Å². The molecule has 0 heterocycles. The Labute approximate surface area is 158 Å². The number of benzene rings is 2. The zero-order chi connectivity index (χ0) is 18.9. The van der Waals surface area contributed by atoms with Crippen LogP contribution >= 0.6 is 11.6 Å². The van der Waals surface area contributed by atoms with Crippen LogP contribution in [0, 0.1) is 0 Å². The lowest BCUT2D eigenvalue weighted by molar-refractivity contribution is 0.240. The summed E-state index contributed by atoms with van der Waals surface area (Å²) >= 11 is 5.95. The van der Waals surface area contributed by atoms with Crippen LogP contribution in [-0.2, 0) is 13.0 Å². The minimum absolute atomic E-state index is 0.249. The largest absolute Gasteiger partial charge is 0.493 e. The first-order valence-corrected chi connectivity index (χ1v) is 8.50. The van der Waals surface area contributed by atoms with Crippen LogP contribution in [0.15, 0.2) is 36.4 Å².